The number of ketones is 1. The highest BCUT2D eigenvalue weighted by Crippen LogP contribution is 2.41. The van der Waals surface area contributed by atoms with Crippen LogP contribution in [0.5, 0.6) is 5.75 Å². The van der Waals surface area contributed by atoms with E-state index in [0.29, 0.717) is 22.6 Å². The number of H-pyrrole nitrogens is 1. The minimum Gasteiger partial charge on any atom is -0.872 e. The molecular formula is C26H21ClN2O4. The van der Waals surface area contributed by atoms with Gasteiger partial charge >= 0.3 is 0 Å². The average molecular weight is 461 g/mol. The number of fused-ring (bicyclic) bond motifs is 1. The second-order valence-electron chi connectivity index (χ2n) is 8.33. The molecule has 33 heavy (non-hydrogen) atoms. The molecule has 0 saturated carbocycles. The summed E-state index contributed by atoms with van der Waals surface area (Å²) in [6.45, 7) is 2.13. The lowest BCUT2D eigenvalue weighted by Gasteiger charge is -2.27. The molecule has 1 saturated heterocycles. The van der Waals surface area contributed by atoms with Crippen molar-refractivity contribution >= 4 is 29.1 Å². The predicted molar refractivity (Wildman–Crippen MR) is 120 cm³/mol. The Hall–Kier alpha value is -3.64. The summed E-state index contributed by atoms with van der Waals surface area (Å²) < 4.78 is 5.73. The molecule has 0 bridgehead atoms. The average Bonchev–Trinajstić information content (AvgIpc) is 3.30. The van der Waals surface area contributed by atoms with Crippen LogP contribution in [0, 0.1) is 0 Å². The molecule has 0 aliphatic carbocycles. The number of carbonyl (C=O) groups excluding carboxylic acids is 2. The number of hydrogen-bond acceptors (Lipinski definition) is 4. The van der Waals surface area contributed by atoms with Crippen LogP contribution in [0.25, 0.3) is 5.76 Å². The number of halogens is 1. The van der Waals surface area contributed by atoms with Gasteiger partial charge in [0.05, 0.1) is 12.6 Å². The highest BCUT2D eigenvalue weighted by Gasteiger charge is 2.44. The first-order chi connectivity index (χ1) is 15.9. The third-order valence-corrected chi connectivity index (χ3v) is 6.21. The van der Waals surface area contributed by atoms with Crippen LogP contribution >= 0.6 is 11.6 Å². The molecule has 5 rings (SSSR count). The van der Waals surface area contributed by atoms with E-state index in [0.717, 1.165) is 16.9 Å². The number of nitrogens with one attached hydrogen (secondary N) is 1. The zero-order valence-corrected chi connectivity index (χ0v) is 18.6. The van der Waals surface area contributed by atoms with Crippen molar-refractivity contribution in [3.05, 3.63) is 99.8 Å². The maximum Gasteiger partial charge on any atom is 0.295 e. The lowest BCUT2D eigenvalue weighted by Crippen LogP contribution is -2.29. The number of benzene rings is 2. The molecule has 6 nitrogen and oxygen atoms in total. The van der Waals surface area contributed by atoms with Crippen molar-refractivity contribution in [1.82, 2.24) is 4.90 Å². The van der Waals surface area contributed by atoms with Gasteiger partial charge in [-0.15, -0.1) is 0 Å². The number of carbonyl (C=O) groups is 2. The Morgan fingerprint density at radius 1 is 1.18 bits per heavy atom. The van der Waals surface area contributed by atoms with E-state index in [1.54, 1.807) is 54.9 Å². The number of aromatic nitrogens is 1. The molecule has 2 atom stereocenters. The lowest BCUT2D eigenvalue weighted by atomic mass is 9.94. The molecule has 2 aliphatic heterocycles. The Morgan fingerprint density at radius 2 is 2.03 bits per heavy atom. The van der Waals surface area contributed by atoms with Crippen molar-refractivity contribution in [2.24, 2.45) is 0 Å². The van der Waals surface area contributed by atoms with Crippen LogP contribution in [0.1, 0.15) is 35.2 Å². The fourth-order valence-corrected chi connectivity index (χ4v) is 4.70. The van der Waals surface area contributed by atoms with Crippen molar-refractivity contribution < 1.29 is 24.4 Å². The summed E-state index contributed by atoms with van der Waals surface area (Å²) in [6, 6.07) is 14.9. The molecule has 1 amide bonds. The molecule has 1 N–H and O–H groups in total. The largest absolute Gasteiger partial charge is 0.872 e. The molecule has 166 valence electrons. The van der Waals surface area contributed by atoms with Gasteiger partial charge in [-0.2, -0.15) is 0 Å². The first kappa shape index (κ1) is 21.2. The first-order valence-electron chi connectivity index (χ1n) is 10.7. The van der Waals surface area contributed by atoms with Gasteiger partial charge < -0.3 is 14.7 Å². The second kappa shape index (κ2) is 8.37. The molecule has 3 aromatic rings. The number of hydrogen-bond donors (Lipinski definition) is 0. The number of ether oxygens (including phenoxy) is 1. The van der Waals surface area contributed by atoms with E-state index >= 15 is 0 Å². The first-order valence-corrected chi connectivity index (χ1v) is 11.1. The van der Waals surface area contributed by atoms with Crippen LogP contribution in [0.3, 0.4) is 0 Å². The molecule has 2 aliphatic rings. The van der Waals surface area contributed by atoms with Crippen molar-refractivity contribution in [3.63, 3.8) is 0 Å². The Kier molecular flexibility index (Phi) is 5.38. The van der Waals surface area contributed by atoms with Crippen molar-refractivity contribution in [2.45, 2.75) is 32.0 Å². The van der Waals surface area contributed by atoms with E-state index < -0.39 is 23.5 Å². The van der Waals surface area contributed by atoms with Gasteiger partial charge in [-0.25, -0.2) is 4.98 Å². The Morgan fingerprint density at radius 3 is 2.79 bits per heavy atom. The van der Waals surface area contributed by atoms with Gasteiger partial charge in [0, 0.05) is 28.6 Å². The highest BCUT2D eigenvalue weighted by atomic mass is 35.5. The van der Waals surface area contributed by atoms with E-state index in [2.05, 4.69) is 4.98 Å². The van der Waals surface area contributed by atoms with Crippen LogP contribution in [-0.4, -0.2) is 22.7 Å². The Bertz CT molecular complexity index is 1290. The van der Waals surface area contributed by atoms with Crippen LogP contribution in [-0.2, 0) is 22.6 Å². The molecular weight excluding hydrogens is 440 g/mol. The Balaban J connectivity index is 1.64. The topological polar surface area (TPSA) is 83.8 Å². The maximum absolute atomic E-state index is 13.6. The number of pyridine rings is 1. The number of nitrogens with zero attached hydrogens (tertiary/aromatic N) is 1. The van der Waals surface area contributed by atoms with Crippen molar-refractivity contribution in [2.75, 3.05) is 0 Å². The zero-order chi connectivity index (χ0) is 23.1. The summed E-state index contributed by atoms with van der Waals surface area (Å²) in [5, 5.41) is 14.1. The van der Waals surface area contributed by atoms with Gasteiger partial charge in [-0.1, -0.05) is 35.6 Å². The number of Topliss-reactive ketones (excluding diaryl/α,β-unsaturated/α-hetero) is 1. The van der Waals surface area contributed by atoms with E-state index in [-0.39, 0.29) is 18.2 Å². The summed E-state index contributed by atoms with van der Waals surface area (Å²) in [4.78, 5) is 30.7. The SMILES string of the molecule is CC1Cc2cc(C([O-])=C3C(=O)C(=O)N(Cc4ccc[nH+]c4)C3c3cccc(Cl)c3)ccc2O1. The van der Waals surface area contributed by atoms with Crippen molar-refractivity contribution in [1.29, 1.82) is 0 Å². The van der Waals surface area contributed by atoms with Gasteiger partial charge in [0.25, 0.3) is 5.91 Å². The molecule has 1 fully saturated rings. The summed E-state index contributed by atoms with van der Waals surface area (Å²) in [5.74, 6) is -1.20. The number of rotatable bonds is 4. The summed E-state index contributed by atoms with van der Waals surface area (Å²) in [7, 11) is 0. The maximum atomic E-state index is 13.6. The van der Waals surface area contributed by atoms with Gasteiger partial charge in [0.15, 0.2) is 12.4 Å². The minimum atomic E-state index is -0.833. The van der Waals surface area contributed by atoms with Crippen LogP contribution in [0.4, 0.5) is 0 Å². The molecule has 0 spiro atoms. The molecule has 2 aromatic carbocycles. The molecule has 0 radical (unpaired) electrons. The monoisotopic (exact) mass is 460 g/mol. The smallest absolute Gasteiger partial charge is 0.295 e. The quantitative estimate of drug-likeness (QED) is 0.340. The summed E-state index contributed by atoms with van der Waals surface area (Å²) in [5.41, 5.74) is 2.64. The third kappa shape index (κ3) is 3.87. The van der Waals surface area contributed by atoms with E-state index in [4.69, 9.17) is 16.3 Å². The van der Waals surface area contributed by atoms with Gasteiger partial charge in [0.2, 0.25) is 5.78 Å². The molecule has 7 heteroatoms. The Labute approximate surface area is 196 Å². The predicted octanol–water partition coefficient (Wildman–Crippen LogP) is 2.90. The van der Waals surface area contributed by atoms with Crippen LogP contribution in [0.15, 0.2) is 72.6 Å². The minimum absolute atomic E-state index is 0.0325. The van der Waals surface area contributed by atoms with E-state index in [1.807, 2.05) is 19.1 Å². The molecule has 1 aromatic heterocycles. The highest BCUT2D eigenvalue weighted by molar-refractivity contribution is 6.46. The third-order valence-electron chi connectivity index (χ3n) is 5.98. The summed E-state index contributed by atoms with van der Waals surface area (Å²) >= 11 is 6.22. The lowest BCUT2D eigenvalue weighted by molar-refractivity contribution is -0.378. The van der Waals surface area contributed by atoms with Gasteiger partial charge in [-0.3, -0.25) is 9.59 Å². The fraction of sp³-hybridized carbons (Fsp3) is 0.192. The van der Waals surface area contributed by atoms with Crippen molar-refractivity contribution in [3.8, 4) is 5.75 Å². The van der Waals surface area contributed by atoms with Crippen LogP contribution < -0.4 is 14.8 Å². The fourth-order valence-electron chi connectivity index (χ4n) is 4.50. The normalized spacial score (nSPS) is 21.2. The van der Waals surface area contributed by atoms with E-state index in [1.165, 1.54) is 4.90 Å². The molecule has 3 heterocycles. The number of amides is 1. The van der Waals surface area contributed by atoms with Crippen LogP contribution in [0.2, 0.25) is 5.02 Å². The van der Waals surface area contributed by atoms with E-state index in [9.17, 15) is 14.7 Å². The standard InChI is InChI=1S/C26H21ClN2O4/c1-15-10-19-11-18(7-8-21(19)33-15)24(30)22-23(17-5-2-6-20(27)12-17)29(26(32)25(22)31)14-16-4-3-9-28-13-16/h2-9,11-13,15,23,30H,10,14H2,1H3. The zero-order valence-electron chi connectivity index (χ0n) is 17.9. The van der Waals surface area contributed by atoms with Gasteiger partial charge in [0.1, 0.15) is 11.9 Å². The second-order valence-corrected chi connectivity index (χ2v) is 8.77. The number of aromatic amines is 1. The summed E-state index contributed by atoms with van der Waals surface area (Å²) in [6.07, 6.45) is 4.24. The molecule has 2 unspecified atom stereocenters. The van der Waals surface area contributed by atoms with Gasteiger partial charge in [-0.05, 0) is 53.9 Å². The number of likely N-dealkylation sites (tertiary alicyclic amines) is 1.